The molecule has 2 aromatic carbocycles. The van der Waals surface area contributed by atoms with Gasteiger partial charge < -0.3 is 19.1 Å². The van der Waals surface area contributed by atoms with E-state index in [4.69, 9.17) is 14.2 Å². The third-order valence-electron chi connectivity index (χ3n) is 6.69. The van der Waals surface area contributed by atoms with Crippen molar-refractivity contribution in [1.29, 1.82) is 0 Å². The lowest BCUT2D eigenvalue weighted by molar-refractivity contribution is -0.141. The summed E-state index contributed by atoms with van der Waals surface area (Å²) in [5.74, 6) is 0.934. The van der Waals surface area contributed by atoms with Gasteiger partial charge in [-0.2, -0.15) is 0 Å². The average molecular weight is 439 g/mol. The summed E-state index contributed by atoms with van der Waals surface area (Å²) >= 11 is 0. The Labute approximate surface area is 191 Å². The number of carbonyl (C=O) groups is 1. The molecule has 2 aliphatic heterocycles. The number of methoxy groups -OCH3 is 2. The number of nitrogens with zero attached hydrogens (tertiary/aromatic N) is 2. The Kier molecular flexibility index (Phi) is 7.13. The Morgan fingerprint density at radius 1 is 1.19 bits per heavy atom. The molecule has 0 bridgehead atoms. The van der Waals surface area contributed by atoms with Crippen LogP contribution in [0.15, 0.2) is 48.5 Å². The van der Waals surface area contributed by atoms with Crippen LogP contribution in [-0.4, -0.2) is 62.3 Å². The van der Waals surface area contributed by atoms with Crippen LogP contribution in [0.1, 0.15) is 36.5 Å². The minimum absolute atomic E-state index is 0.0755. The number of ether oxygens (including phenoxy) is 3. The molecule has 1 fully saturated rings. The number of amides is 1. The quantitative estimate of drug-likeness (QED) is 0.599. The molecule has 0 saturated carbocycles. The van der Waals surface area contributed by atoms with Crippen LogP contribution in [0.5, 0.6) is 5.75 Å². The zero-order chi connectivity index (χ0) is 22.6. The van der Waals surface area contributed by atoms with Crippen LogP contribution in [0, 0.1) is 0 Å². The molecule has 32 heavy (non-hydrogen) atoms. The summed E-state index contributed by atoms with van der Waals surface area (Å²) in [6.45, 7) is 6.09. The van der Waals surface area contributed by atoms with E-state index in [0.717, 1.165) is 31.8 Å². The molecular weight excluding hydrogens is 404 g/mol. The summed E-state index contributed by atoms with van der Waals surface area (Å²) in [5, 5.41) is 0. The molecule has 1 spiro atoms. The first-order chi connectivity index (χ1) is 15.6. The van der Waals surface area contributed by atoms with Gasteiger partial charge in [0.1, 0.15) is 11.9 Å². The van der Waals surface area contributed by atoms with Gasteiger partial charge in [0.25, 0.3) is 5.91 Å². The third kappa shape index (κ3) is 4.40. The molecule has 6 heteroatoms. The highest BCUT2D eigenvalue weighted by Crippen LogP contribution is 2.47. The second-order valence-corrected chi connectivity index (χ2v) is 8.72. The Balaban J connectivity index is 1.58. The standard InChI is InChI=1S/C26H34N2O4/c1-4-12-27(13-14-30-2)25(29)24-16-26(19-32-24)23-11-6-5-9-21(23)18-28(26)17-20-8-7-10-22(15-20)31-3/h5-11,15,24H,4,12-14,16-19H2,1-3H3. The second kappa shape index (κ2) is 10.0. The summed E-state index contributed by atoms with van der Waals surface area (Å²) < 4.78 is 16.9. The molecule has 0 N–H and O–H groups in total. The van der Waals surface area contributed by atoms with Gasteiger partial charge in [-0.15, -0.1) is 0 Å². The van der Waals surface area contributed by atoms with Crippen LogP contribution >= 0.6 is 0 Å². The van der Waals surface area contributed by atoms with E-state index < -0.39 is 6.10 Å². The molecule has 0 radical (unpaired) electrons. The van der Waals surface area contributed by atoms with Crippen LogP contribution in [0.2, 0.25) is 0 Å². The lowest BCUT2D eigenvalue weighted by Gasteiger charge is -2.35. The van der Waals surface area contributed by atoms with E-state index in [1.807, 2.05) is 17.0 Å². The van der Waals surface area contributed by atoms with Gasteiger partial charge in [-0.1, -0.05) is 43.3 Å². The van der Waals surface area contributed by atoms with Gasteiger partial charge in [0.15, 0.2) is 0 Å². The van der Waals surface area contributed by atoms with Crippen molar-refractivity contribution in [2.45, 2.75) is 44.5 Å². The lowest BCUT2D eigenvalue weighted by Crippen LogP contribution is -2.44. The number of hydrogen-bond acceptors (Lipinski definition) is 5. The number of benzene rings is 2. The molecular formula is C26H34N2O4. The van der Waals surface area contributed by atoms with Gasteiger partial charge in [-0.25, -0.2) is 0 Å². The molecule has 0 aliphatic carbocycles. The van der Waals surface area contributed by atoms with E-state index >= 15 is 0 Å². The smallest absolute Gasteiger partial charge is 0.251 e. The normalized spacial score (nSPS) is 22.3. The van der Waals surface area contributed by atoms with E-state index in [9.17, 15) is 4.79 Å². The van der Waals surface area contributed by atoms with Crippen molar-refractivity contribution >= 4 is 5.91 Å². The molecule has 2 atom stereocenters. The van der Waals surface area contributed by atoms with Crippen LogP contribution in [0.3, 0.4) is 0 Å². The average Bonchev–Trinajstić information content (AvgIpc) is 3.39. The van der Waals surface area contributed by atoms with Crippen molar-refractivity contribution in [1.82, 2.24) is 9.80 Å². The summed E-state index contributed by atoms with van der Waals surface area (Å²) in [4.78, 5) is 17.7. The summed E-state index contributed by atoms with van der Waals surface area (Å²) in [5.41, 5.74) is 3.51. The molecule has 2 aromatic rings. The van der Waals surface area contributed by atoms with Crippen molar-refractivity contribution in [3.63, 3.8) is 0 Å². The molecule has 172 valence electrons. The molecule has 2 aliphatic rings. The first kappa shape index (κ1) is 22.8. The first-order valence-corrected chi connectivity index (χ1v) is 11.5. The predicted molar refractivity (Wildman–Crippen MR) is 123 cm³/mol. The molecule has 2 unspecified atom stereocenters. The van der Waals surface area contributed by atoms with Crippen molar-refractivity contribution in [2.24, 2.45) is 0 Å². The van der Waals surface area contributed by atoms with Crippen LogP contribution in [0.4, 0.5) is 0 Å². The number of fused-ring (bicyclic) bond motifs is 2. The van der Waals surface area contributed by atoms with E-state index in [2.05, 4.69) is 48.2 Å². The van der Waals surface area contributed by atoms with Gasteiger partial charge in [0, 0.05) is 39.7 Å². The second-order valence-electron chi connectivity index (χ2n) is 8.72. The fraction of sp³-hybridized carbons (Fsp3) is 0.500. The lowest BCUT2D eigenvalue weighted by atomic mass is 9.86. The zero-order valence-corrected chi connectivity index (χ0v) is 19.4. The monoisotopic (exact) mass is 438 g/mol. The minimum atomic E-state index is -0.433. The van der Waals surface area contributed by atoms with Crippen molar-refractivity contribution in [2.75, 3.05) is 40.5 Å². The van der Waals surface area contributed by atoms with E-state index in [1.54, 1.807) is 14.2 Å². The fourth-order valence-electron chi connectivity index (χ4n) is 5.07. The maximum atomic E-state index is 13.4. The van der Waals surface area contributed by atoms with Gasteiger partial charge in [-0.05, 0) is 35.2 Å². The predicted octanol–water partition coefficient (Wildman–Crippen LogP) is 3.58. The number of hydrogen-bond donors (Lipinski definition) is 0. The Bertz CT molecular complexity index is 934. The summed E-state index contributed by atoms with van der Waals surface area (Å²) in [6.07, 6.45) is 1.15. The minimum Gasteiger partial charge on any atom is -0.497 e. The molecule has 1 saturated heterocycles. The topological polar surface area (TPSA) is 51.2 Å². The highest BCUT2D eigenvalue weighted by atomic mass is 16.5. The Morgan fingerprint density at radius 3 is 2.81 bits per heavy atom. The molecule has 4 rings (SSSR count). The Morgan fingerprint density at radius 2 is 2.03 bits per heavy atom. The molecule has 0 aromatic heterocycles. The van der Waals surface area contributed by atoms with Crippen molar-refractivity contribution in [3.8, 4) is 5.75 Å². The van der Waals surface area contributed by atoms with Crippen LogP contribution in [0.25, 0.3) is 0 Å². The van der Waals surface area contributed by atoms with Gasteiger partial charge in [0.2, 0.25) is 0 Å². The summed E-state index contributed by atoms with van der Waals surface area (Å²) in [7, 11) is 3.36. The van der Waals surface area contributed by atoms with Crippen molar-refractivity contribution in [3.05, 3.63) is 65.2 Å². The summed E-state index contributed by atoms with van der Waals surface area (Å²) in [6, 6.07) is 16.8. The highest BCUT2D eigenvalue weighted by Gasteiger charge is 2.52. The maximum absolute atomic E-state index is 13.4. The fourth-order valence-corrected chi connectivity index (χ4v) is 5.07. The highest BCUT2D eigenvalue weighted by molar-refractivity contribution is 5.81. The maximum Gasteiger partial charge on any atom is 0.251 e. The van der Waals surface area contributed by atoms with Gasteiger partial charge >= 0.3 is 0 Å². The Hall–Kier alpha value is -2.41. The number of carbonyl (C=O) groups excluding carboxylic acids is 1. The largest absolute Gasteiger partial charge is 0.497 e. The number of rotatable bonds is 9. The molecule has 1 amide bonds. The zero-order valence-electron chi connectivity index (χ0n) is 19.4. The van der Waals surface area contributed by atoms with E-state index in [-0.39, 0.29) is 11.4 Å². The van der Waals surface area contributed by atoms with Crippen LogP contribution in [-0.2, 0) is 32.9 Å². The van der Waals surface area contributed by atoms with Gasteiger partial charge in [0.05, 0.1) is 25.9 Å². The van der Waals surface area contributed by atoms with Crippen LogP contribution < -0.4 is 4.74 Å². The van der Waals surface area contributed by atoms with Crippen molar-refractivity contribution < 1.29 is 19.0 Å². The van der Waals surface area contributed by atoms with E-state index in [1.165, 1.54) is 16.7 Å². The van der Waals surface area contributed by atoms with E-state index in [0.29, 0.717) is 26.2 Å². The molecule has 2 heterocycles. The molecule has 6 nitrogen and oxygen atoms in total. The first-order valence-electron chi connectivity index (χ1n) is 11.5. The third-order valence-corrected chi connectivity index (χ3v) is 6.69. The SMILES string of the molecule is CCCN(CCOC)C(=O)C1CC2(CO1)c1ccccc1CN2Cc1cccc(OC)c1. The van der Waals surface area contributed by atoms with Gasteiger partial charge in [-0.3, -0.25) is 9.69 Å².